The molecule has 0 bridgehead atoms. The van der Waals surface area contributed by atoms with E-state index in [1.165, 1.54) is 54.0 Å². The highest BCUT2D eigenvalue weighted by Crippen LogP contribution is 2.23. The van der Waals surface area contributed by atoms with Gasteiger partial charge >= 0.3 is 0 Å². The molecule has 3 rings (SSSR count). The van der Waals surface area contributed by atoms with E-state index in [0.29, 0.717) is 24.5 Å². The van der Waals surface area contributed by atoms with Gasteiger partial charge in [-0.2, -0.15) is 4.72 Å². The van der Waals surface area contributed by atoms with Crippen LogP contribution in [0, 0.1) is 11.7 Å². The molecule has 0 aromatic heterocycles. The molecule has 2 atom stereocenters. The quantitative estimate of drug-likeness (QED) is 0.207. The van der Waals surface area contributed by atoms with Gasteiger partial charge in [0.15, 0.2) is 0 Å². The molecule has 1 aliphatic rings. The molecule has 1 unspecified atom stereocenters. The predicted molar refractivity (Wildman–Crippen MR) is 118 cm³/mol. The lowest BCUT2D eigenvalue weighted by Crippen LogP contribution is -2.47. The van der Waals surface area contributed by atoms with Crippen molar-refractivity contribution in [2.45, 2.75) is 29.9 Å². The van der Waals surface area contributed by atoms with E-state index in [9.17, 15) is 17.6 Å². The van der Waals surface area contributed by atoms with Crippen molar-refractivity contribution in [3.8, 4) is 11.5 Å². The van der Waals surface area contributed by atoms with Crippen molar-refractivity contribution in [1.29, 1.82) is 0 Å². The number of hydrogen-bond acceptors (Lipinski definition) is 8. The maximum atomic E-state index is 13.0. The van der Waals surface area contributed by atoms with Gasteiger partial charge in [-0.15, -0.1) is 0 Å². The Kier molecular flexibility index (Phi) is 8.22. The topological polar surface area (TPSA) is 155 Å². The van der Waals surface area contributed by atoms with Crippen LogP contribution in [0.4, 0.5) is 4.39 Å². The van der Waals surface area contributed by atoms with E-state index in [4.69, 9.17) is 15.7 Å². The van der Waals surface area contributed by atoms with Crippen molar-refractivity contribution in [1.82, 2.24) is 20.8 Å². The molecule has 0 fully saturated rings. The van der Waals surface area contributed by atoms with Crippen molar-refractivity contribution in [2.24, 2.45) is 11.7 Å². The van der Waals surface area contributed by atoms with Crippen molar-refractivity contribution >= 4 is 15.9 Å². The smallest absolute Gasteiger partial charge is 0.261 e. The van der Waals surface area contributed by atoms with Crippen LogP contribution in [0.3, 0.4) is 0 Å². The fourth-order valence-corrected chi connectivity index (χ4v) is 4.56. The van der Waals surface area contributed by atoms with Gasteiger partial charge in [0.05, 0.1) is 11.1 Å². The van der Waals surface area contributed by atoms with Crippen LogP contribution in [0.15, 0.2) is 65.8 Å². The summed E-state index contributed by atoms with van der Waals surface area (Å²) in [6.45, 7) is 0.308. The van der Waals surface area contributed by atoms with E-state index < -0.39 is 27.8 Å². The normalized spacial score (nSPS) is 15.4. The zero-order valence-electron chi connectivity index (χ0n) is 17.6. The van der Waals surface area contributed by atoms with E-state index in [2.05, 4.69) is 15.4 Å². The second kappa shape index (κ2) is 11.1. The number of halogens is 1. The van der Waals surface area contributed by atoms with Gasteiger partial charge < -0.3 is 21.1 Å². The molecule has 0 spiro atoms. The SMILES string of the molecule is NCC(CC[C@@H](NS(=O)(=O)c1ccc(Oc2ccc(F)cc2)cc1)C(=O)NO)C1NC=CN1. The molecule has 1 aliphatic heterocycles. The first kappa shape index (κ1) is 24.5. The molecule has 178 valence electrons. The number of nitrogens with one attached hydrogen (secondary N) is 4. The Labute approximate surface area is 191 Å². The maximum Gasteiger partial charge on any atom is 0.261 e. The van der Waals surface area contributed by atoms with Crippen LogP contribution in [0.5, 0.6) is 11.5 Å². The van der Waals surface area contributed by atoms with Crippen LogP contribution >= 0.6 is 0 Å². The van der Waals surface area contributed by atoms with Gasteiger partial charge in [-0.25, -0.2) is 18.3 Å². The third-order valence-electron chi connectivity index (χ3n) is 5.14. The van der Waals surface area contributed by atoms with E-state index >= 15 is 0 Å². The average Bonchev–Trinajstić information content (AvgIpc) is 3.35. The molecule has 10 nitrogen and oxygen atoms in total. The minimum absolute atomic E-state index is 0.0820. The third-order valence-corrected chi connectivity index (χ3v) is 6.63. The van der Waals surface area contributed by atoms with Gasteiger partial charge in [0, 0.05) is 18.3 Å². The largest absolute Gasteiger partial charge is 0.457 e. The van der Waals surface area contributed by atoms with E-state index in [0.717, 1.165) is 0 Å². The standard InChI is InChI=1S/C21H26FN5O5S/c22-15-2-4-16(5-3-15)32-17-6-8-18(9-7-17)33(30,31)27-19(21(28)26-29)10-1-14(13-23)20-24-11-12-25-20/h2-9,11-12,14,19-20,24-25,27,29H,1,10,13,23H2,(H,26,28)/t14?,19-/m1/s1. The molecule has 0 saturated heterocycles. The molecule has 0 saturated carbocycles. The second-order valence-electron chi connectivity index (χ2n) is 7.39. The molecule has 0 radical (unpaired) electrons. The van der Waals surface area contributed by atoms with E-state index in [1.807, 2.05) is 0 Å². The Morgan fingerprint density at radius 1 is 1.06 bits per heavy atom. The van der Waals surface area contributed by atoms with Crippen molar-refractivity contribution in [2.75, 3.05) is 6.54 Å². The Bertz CT molecular complexity index is 1060. The molecule has 7 N–H and O–H groups in total. The predicted octanol–water partition coefficient (Wildman–Crippen LogP) is 1.12. The van der Waals surface area contributed by atoms with Gasteiger partial charge in [-0.3, -0.25) is 10.0 Å². The van der Waals surface area contributed by atoms with Gasteiger partial charge in [0.25, 0.3) is 5.91 Å². The molecule has 0 aliphatic carbocycles. The zero-order valence-corrected chi connectivity index (χ0v) is 18.4. The lowest BCUT2D eigenvalue weighted by atomic mass is 9.97. The number of sulfonamides is 1. The van der Waals surface area contributed by atoms with Crippen LogP contribution in [-0.2, 0) is 14.8 Å². The summed E-state index contributed by atoms with van der Waals surface area (Å²) in [6, 6.07) is 9.68. The third kappa shape index (κ3) is 6.65. The highest BCUT2D eigenvalue weighted by molar-refractivity contribution is 7.89. The highest BCUT2D eigenvalue weighted by atomic mass is 32.2. The van der Waals surface area contributed by atoms with Crippen LogP contribution < -0.4 is 31.3 Å². The number of carbonyl (C=O) groups excluding carboxylic acids is 1. The summed E-state index contributed by atoms with van der Waals surface area (Å²) < 4.78 is 46.5. The van der Waals surface area contributed by atoms with Crippen LogP contribution in [0.25, 0.3) is 0 Å². The molecule has 33 heavy (non-hydrogen) atoms. The fourth-order valence-electron chi connectivity index (χ4n) is 3.33. The zero-order chi connectivity index (χ0) is 23.8. The van der Waals surface area contributed by atoms with Crippen molar-refractivity contribution in [3.05, 3.63) is 66.7 Å². The van der Waals surface area contributed by atoms with E-state index in [-0.39, 0.29) is 23.4 Å². The first-order valence-corrected chi connectivity index (χ1v) is 11.7. The molecule has 1 amide bonds. The summed E-state index contributed by atoms with van der Waals surface area (Å²) in [5.74, 6) is -0.624. The molecular formula is C21H26FN5O5S. The Morgan fingerprint density at radius 2 is 1.64 bits per heavy atom. The molecule has 2 aromatic carbocycles. The second-order valence-corrected chi connectivity index (χ2v) is 9.11. The Morgan fingerprint density at radius 3 is 2.18 bits per heavy atom. The molecule has 12 heteroatoms. The number of carbonyl (C=O) groups is 1. The number of nitrogens with two attached hydrogens (primary N) is 1. The number of hydroxylamine groups is 1. The van der Waals surface area contributed by atoms with Crippen molar-refractivity contribution < 1.29 is 27.5 Å². The number of rotatable bonds is 11. The lowest BCUT2D eigenvalue weighted by molar-refractivity contribution is -0.131. The van der Waals surface area contributed by atoms with E-state index in [1.54, 1.807) is 12.4 Å². The number of ether oxygens (including phenoxy) is 1. The van der Waals surface area contributed by atoms with Gasteiger partial charge in [-0.1, -0.05) is 0 Å². The summed E-state index contributed by atoms with van der Waals surface area (Å²) in [7, 11) is -4.09. The highest BCUT2D eigenvalue weighted by Gasteiger charge is 2.28. The minimum Gasteiger partial charge on any atom is -0.457 e. The number of benzene rings is 2. The van der Waals surface area contributed by atoms with Crippen LogP contribution in [-0.4, -0.2) is 38.3 Å². The lowest BCUT2D eigenvalue weighted by Gasteiger charge is -2.25. The Hall–Kier alpha value is -3.19. The summed E-state index contributed by atoms with van der Waals surface area (Å²) in [5, 5.41) is 15.2. The summed E-state index contributed by atoms with van der Waals surface area (Å²) >= 11 is 0. The minimum atomic E-state index is -4.09. The maximum absolute atomic E-state index is 13.0. The van der Waals surface area contributed by atoms with Crippen LogP contribution in [0.1, 0.15) is 12.8 Å². The number of amides is 1. The molecule has 1 heterocycles. The Balaban J connectivity index is 1.65. The van der Waals surface area contributed by atoms with Gasteiger partial charge in [0.2, 0.25) is 10.0 Å². The van der Waals surface area contributed by atoms with Crippen molar-refractivity contribution in [3.63, 3.8) is 0 Å². The summed E-state index contributed by atoms with van der Waals surface area (Å²) in [4.78, 5) is 12.0. The first-order chi connectivity index (χ1) is 15.8. The number of hydrogen-bond donors (Lipinski definition) is 6. The average molecular weight is 480 g/mol. The summed E-state index contributed by atoms with van der Waals surface area (Å²) in [6.07, 6.45) is 3.86. The molecular weight excluding hydrogens is 453 g/mol. The van der Waals surface area contributed by atoms with Gasteiger partial charge in [0.1, 0.15) is 23.4 Å². The first-order valence-electron chi connectivity index (χ1n) is 10.2. The monoisotopic (exact) mass is 479 g/mol. The summed E-state index contributed by atoms with van der Waals surface area (Å²) in [5.41, 5.74) is 7.32. The van der Waals surface area contributed by atoms with Gasteiger partial charge in [-0.05, 0) is 67.9 Å². The van der Waals surface area contributed by atoms with Crippen LogP contribution in [0.2, 0.25) is 0 Å². The molecule has 2 aromatic rings. The fraction of sp³-hybridized carbons (Fsp3) is 0.286.